The molecule has 1 aromatic rings. The third kappa shape index (κ3) is 5.27. The first kappa shape index (κ1) is 16.0. The van der Waals surface area contributed by atoms with Crippen molar-refractivity contribution in [1.29, 1.82) is 0 Å². The molecular formula is C14H20N2O4. The highest BCUT2D eigenvalue weighted by Gasteiger charge is 2.19. The van der Waals surface area contributed by atoms with E-state index >= 15 is 0 Å². The van der Waals surface area contributed by atoms with Crippen LogP contribution in [0.15, 0.2) is 24.3 Å². The average molecular weight is 280 g/mol. The molecule has 1 unspecified atom stereocenters. The molecule has 0 saturated heterocycles. The van der Waals surface area contributed by atoms with Gasteiger partial charge in [-0.3, -0.25) is 4.79 Å². The molecule has 20 heavy (non-hydrogen) atoms. The number of hydrogen-bond donors (Lipinski definition) is 2. The van der Waals surface area contributed by atoms with E-state index in [4.69, 9.17) is 4.74 Å². The number of hydrogen-bond acceptors (Lipinski definition) is 5. The summed E-state index contributed by atoms with van der Waals surface area (Å²) in [7, 11) is 2.92. The van der Waals surface area contributed by atoms with Crippen LogP contribution in [0.3, 0.4) is 0 Å². The van der Waals surface area contributed by atoms with Gasteiger partial charge in [-0.25, -0.2) is 4.79 Å². The molecule has 110 valence electrons. The highest BCUT2D eigenvalue weighted by Crippen LogP contribution is 2.11. The van der Waals surface area contributed by atoms with Crippen molar-refractivity contribution in [2.24, 2.45) is 0 Å². The van der Waals surface area contributed by atoms with Gasteiger partial charge in [0.1, 0.15) is 6.04 Å². The molecule has 0 bridgehead atoms. The van der Waals surface area contributed by atoms with E-state index in [0.717, 1.165) is 11.3 Å². The molecular weight excluding hydrogens is 260 g/mol. The minimum Gasteiger partial charge on any atom is -0.467 e. The number of anilines is 1. The van der Waals surface area contributed by atoms with E-state index in [0.29, 0.717) is 6.61 Å². The normalized spacial score (nSPS) is 11.6. The van der Waals surface area contributed by atoms with Crippen molar-refractivity contribution in [3.05, 3.63) is 29.8 Å². The molecule has 0 aromatic heterocycles. The Morgan fingerprint density at radius 2 is 2.05 bits per heavy atom. The molecule has 0 aliphatic heterocycles. The Morgan fingerprint density at radius 1 is 1.30 bits per heavy atom. The second kappa shape index (κ2) is 8.16. The molecule has 0 spiro atoms. The molecule has 1 rings (SSSR count). The zero-order chi connectivity index (χ0) is 15.0. The summed E-state index contributed by atoms with van der Waals surface area (Å²) in [5, 5.41) is 5.63. The number of carbonyl (C=O) groups excluding carboxylic acids is 2. The Hall–Kier alpha value is -2.08. The number of benzene rings is 1. The Labute approximate surface area is 118 Å². The fourth-order valence-corrected chi connectivity index (χ4v) is 1.74. The summed E-state index contributed by atoms with van der Waals surface area (Å²) in [5.74, 6) is -0.768. The van der Waals surface area contributed by atoms with Crippen molar-refractivity contribution in [2.75, 3.05) is 26.1 Å². The van der Waals surface area contributed by atoms with Crippen LogP contribution < -0.4 is 10.6 Å². The van der Waals surface area contributed by atoms with Crippen molar-refractivity contribution >= 4 is 17.6 Å². The van der Waals surface area contributed by atoms with Crippen LogP contribution in [0.1, 0.15) is 12.5 Å². The summed E-state index contributed by atoms with van der Waals surface area (Å²) in [5.41, 5.74) is 1.87. The minimum atomic E-state index is -0.719. The first-order valence-electron chi connectivity index (χ1n) is 6.23. The maximum absolute atomic E-state index is 11.5. The first-order valence-corrected chi connectivity index (χ1v) is 6.23. The lowest BCUT2D eigenvalue weighted by Gasteiger charge is -2.17. The predicted octanol–water partition coefficient (Wildman–Crippen LogP) is 0.923. The third-order valence-corrected chi connectivity index (χ3v) is 2.61. The lowest BCUT2D eigenvalue weighted by molar-refractivity contribution is -0.144. The summed E-state index contributed by atoms with van der Waals surface area (Å²) in [6, 6.07) is 6.92. The van der Waals surface area contributed by atoms with Gasteiger partial charge in [-0.2, -0.15) is 0 Å². The maximum atomic E-state index is 11.5. The molecule has 0 aliphatic rings. The van der Waals surface area contributed by atoms with Gasteiger partial charge in [0.2, 0.25) is 5.91 Å². The maximum Gasteiger partial charge on any atom is 0.330 e. The Morgan fingerprint density at radius 3 is 2.65 bits per heavy atom. The van der Waals surface area contributed by atoms with E-state index in [1.807, 2.05) is 24.3 Å². The summed E-state index contributed by atoms with van der Waals surface area (Å²) in [6.45, 7) is 2.12. The van der Waals surface area contributed by atoms with Crippen molar-refractivity contribution in [2.45, 2.75) is 19.6 Å². The molecule has 0 aliphatic carbocycles. The average Bonchev–Trinajstić information content (AvgIpc) is 2.43. The van der Waals surface area contributed by atoms with E-state index in [9.17, 15) is 9.59 Å². The van der Waals surface area contributed by atoms with Gasteiger partial charge in [0, 0.05) is 26.3 Å². The number of rotatable bonds is 7. The topological polar surface area (TPSA) is 76.7 Å². The van der Waals surface area contributed by atoms with Gasteiger partial charge < -0.3 is 20.1 Å². The molecule has 6 heteroatoms. The molecule has 0 saturated carbocycles. The molecule has 1 amide bonds. The van der Waals surface area contributed by atoms with Crippen LogP contribution in [0, 0.1) is 0 Å². The quantitative estimate of drug-likeness (QED) is 0.726. The molecule has 1 aromatic carbocycles. The van der Waals surface area contributed by atoms with Gasteiger partial charge >= 0.3 is 5.97 Å². The Kier molecular flexibility index (Phi) is 6.52. The molecule has 1 atom stereocenters. The largest absolute Gasteiger partial charge is 0.467 e. The highest BCUT2D eigenvalue weighted by molar-refractivity contribution is 5.83. The minimum absolute atomic E-state index is 0.253. The third-order valence-electron chi connectivity index (χ3n) is 2.61. The molecule has 2 N–H and O–H groups in total. The number of nitrogens with one attached hydrogen (secondary N) is 2. The van der Waals surface area contributed by atoms with Crippen molar-refractivity contribution in [3.63, 3.8) is 0 Å². The summed E-state index contributed by atoms with van der Waals surface area (Å²) >= 11 is 0. The Bertz CT molecular complexity index is 462. The van der Waals surface area contributed by atoms with E-state index in [-0.39, 0.29) is 12.5 Å². The van der Waals surface area contributed by atoms with Gasteiger partial charge in [-0.15, -0.1) is 0 Å². The van der Waals surface area contributed by atoms with E-state index in [2.05, 4.69) is 15.4 Å². The van der Waals surface area contributed by atoms with Crippen LogP contribution in [0.2, 0.25) is 0 Å². The fourth-order valence-electron chi connectivity index (χ4n) is 1.74. The number of carbonyl (C=O) groups is 2. The van der Waals surface area contributed by atoms with E-state index in [1.165, 1.54) is 14.0 Å². The van der Waals surface area contributed by atoms with Crippen molar-refractivity contribution < 1.29 is 19.1 Å². The van der Waals surface area contributed by atoms with Gasteiger partial charge in [0.25, 0.3) is 0 Å². The second-order valence-electron chi connectivity index (χ2n) is 4.29. The van der Waals surface area contributed by atoms with Crippen LogP contribution >= 0.6 is 0 Å². The zero-order valence-corrected chi connectivity index (χ0v) is 11.9. The van der Waals surface area contributed by atoms with Crippen molar-refractivity contribution in [3.8, 4) is 0 Å². The molecule has 6 nitrogen and oxygen atoms in total. The molecule has 0 heterocycles. The zero-order valence-electron chi connectivity index (χ0n) is 11.9. The van der Waals surface area contributed by atoms with Crippen LogP contribution in [-0.4, -0.2) is 38.7 Å². The van der Waals surface area contributed by atoms with E-state index in [1.54, 1.807) is 7.11 Å². The summed E-state index contributed by atoms with van der Waals surface area (Å²) in [6.07, 6.45) is 0. The Balaban J connectivity index is 2.64. The van der Waals surface area contributed by atoms with Gasteiger partial charge in [0.15, 0.2) is 0 Å². The number of methoxy groups -OCH3 is 2. The summed E-state index contributed by atoms with van der Waals surface area (Å²) in [4.78, 5) is 22.6. The van der Waals surface area contributed by atoms with Crippen molar-refractivity contribution in [1.82, 2.24) is 5.32 Å². The number of esters is 1. The predicted molar refractivity (Wildman–Crippen MR) is 75.3 cm³/mol. The number of amides is 1. The van der Waals surface area contributed by atoms with Crippen LogP contribution in [0.4, 0.5) is 5.69 Å². The molecule has 0 radical (unpaired) electrons. The lowest BCUT2D eigenvalue weighted by Crippen LogP contribution is -2.45. The smallest absolute Gasteiger partial charge is 0.330 e. The van der Waals surface area contributed by atoms with Crippen LogP contribution in [0.5, 0.6) is 0 Å². The van der Waals surface area contributed by atoms with Crippen LogP contribution in [-0.2, 0) is 25.7 Å². The fraction of sp³-hybridized carbons (Fsp3) is 0.429. The second-order valence-corrected chi connectivity index (χ2v) is 4.29. The lowest BCUT2D eigenvalue weighted by atomic mass is 10.2. The summed E-state index contributed by atoms with van der Waals surface area (Å²) < 4.78 is 9.71. The SMILES string of the molecule is COCc1cccc(NCC(NC(C)=O)C(=O)OC)c1. The number of ether oxygens (including phenoxy) is 2. The molecule has 0 fully saturated rings. The first-order chi connectivity index (χ1) is 9.56. The van der Waals surface area contributed by atoms with E-state index < -0.39 is 12.0 Å². The van der Waals surface area contributed by atoms with Gasteiger partial charge in [0.05, 0.1) is 13.7 Å². The van der Waals surface area contributed by atoms with Gasteiger partial charge in [-0.1, -0.05) is 12.1 Å². The standard InChI is InChI=1S/C14H20N2O4/c1-10(17)16-13(14(18)20-3)8-15-12-6-4-5-11(7-12)9-19-2/h4-7,13,15H,8-9H2,1-3H3,(H,16,17). The van der Waals surface area contributed by atoms with Crippen LogP contribution in [0.25, 0.3) is 0 Å². The van der Waals surface area contributed by atoms with Gasteiger partial charge in [-0.05, 0) is 17.7 Å². The highest BCUT2D eigenvalue weighted by atomic mass is 16.5. The monoisotopic (exact) mass is 280 g/mol.